The Balaban J connectivity index is 2.69. The Morgan fingerprint density at radius 2 is 1.88 bits per heavy atom. The molecule has 0 aromatic rings. The fraction of sp³-hybridized carbons (Fsp3) is 0.750. The van der Waals surface area contributed by atoms with Crippen molar-refractivity contribution >= 4 is 11.9 Å². The molecule has 0 bridgehead atoms. The molecule has 1 aliphatic carbocycles. The topological polar surface area (TPSA) is 86.6 Å². The molecular weight excluding hydrogens is 231 g/mol. The van der Waals surface area contributed by atoms with Crippen LogP contribution in [0, 0.1) is 5.92 Å². The van der Waals surface area contributed by atoms with E-state index in [1.165, 1.54) is 5.32 Å². The van der Waals surface area contributed by atoms with E-state index in [0.717, 1.165) is 0 Å². The second-order valence-corrected chi connectivity index (χ2v) is 3.80. The summed E-state index contributed by atoms with van der Waals surface area (Å²) in [7, 11) is 0. The molecule has 0 atom stereocenters. The van der Waals surface area contributed by atoms with E-state index in [1.807, 2.05) is 0 Å². The molecule has 0 aliphatic heterocycles. The fourth-order valence-electron chi connectivity index (χ4n) is 1.67. The molecular formula is C8H10F3NO4. The molecule has 1 amide bonds. The molecule has 0 aromatic heterocycles. The molecule has 0 unspecified atom stereocenters. The van der Waals surface area contributed by atoms with Crippen molar-refractivity contribution < 1.29 is 33.0 Å². The van der Waals surface area contributed by atoms with E-state index in [-0.39, 0.29) is 25.4 Å². The van der Waals surface area contributed by atoms with Gasteiger partial charge in [-0.05, 0) is 18.8 Å². The van der Waals surface area contributed by atoms with Gasteiger partial charge in [0.25, 0.3) is 0 Å². The van der Waals surface area contributed by atoms with Gasteiger partial charge in [-0.2, -0.15) is 13.2 Å². The van der Waals surface area contributed by atoms with Gasteiger partial charge in [-0.25, -0.2) is 4.79 Å². The number of halogens is 3. The van der Waals surface area contributed by atoms with Crippen LogP contribution in [-0.4, -0.2) is 40.4 Å². The summed E-state index contributed by atoms with van der Waals surface area (Å²) in [4.78, 5) is 21.4. The maximum Gasteiger partial charge on any atom is 0.471 e. The van der Waals surface area contributed by atoms with Crippen molar-refractivity contribution in [1.29, 1.82) is 0 Å². The van der Waals surface area contributed by atoms with Gasteiger partial charge < -0.3 is 15.5 Å². The first kappa shape index (κ1) is 12.8. The minimum Gasteiger partial charge on any atom is -0.480 e. The van der Waals surface area contributed by atoms with Crippen molar-refractivity contribution in [3.8, 4) is 0 Å². The van der Waals surface area contributed by atoms with Crippen LogP contribution >= 0.6 is 0 Å². The molecule has 0 heterocycles. The van der Waals surface area contributed by atoms with Crippen molar-refractivity contribution in [3.05, 3.63) is 0 Å². The van der Waals surface area contributed by atoms with Crippen molar-refractivity contribution in [2.45, 2.75) is 24.6 Å². The Kier molecular flexibility index (Phi) is 3.13. The number of amides is 1. The van der Waals surface area contributed by atoms with Crippen LogP contribution in [0.3, 0.4) is 0 Å². The third-order valence-electron chi connectivity index (χ3n) is 2.55. The standard InChI is InChI=1S/C8H10F3NO4/c9-8(10,11)5(14)12-7(6(15)16)1-4(2-7)3-13/h4,13H,1-3H2,(H,12,14)(H,15,16). The van der Waals surface area contributed by atoms with Crippen molar-refractivity contribution in [2.24, 2.45) is 5.92 Å². The average molecular weight is 241 g/mol. The molecule has 0 saturated heterocycles. The lowest BCUT2D eigenvalue weighted by Gasteiger charge is -2.43. The van der Waals surface area contributed by atoms with Gasteiger partial charge in [-0.3, -0.25) is 4.79 Å². The van der Waals surface area contributed by atoms with Crippen LogP contribution in [0.25, 0.3) is 0 Å². The van der Waals surface area contributed by atoms with Crippen molar-refractivity contribution in [1.82, 2.24) is 5.32 Å². The third kappa shape index (κ3) is 2.26. The second kappa shape index (κ2) is 3.93. The van der Waals surface area contributed by atoms with E-state index in [0.29, 0.717) is 0 Å². The summed E-state index contributed by atoms with van der Waals surface area (Å²) in [6, 6.07) is 0. The summed E-state index contributed by atoms with van der Waals surface area (Å²) in [6.45, 7) is -0.309. The SMILES string of the molecule is O=C(NC1(C(=O)O)CC(CO)C1)C(F)(F)F. The molecule has 92 valence electrons. The highest BCUT2D eigenvalue weighted by atomic mass is 19.4. The number of carboxylic acid groups (broad SMARTS) is 1. The largest absolute Gasteiger partial charge is 0.480 e. The van der Waals surface area contributed by atoms with E-state index < -0.39 is 23.6 Å². The number of hydrogen-bond donors (Lipinski definition) is 3. The first-order valence-corrected chi connectivity index (χ1v) is 4.45. The third-order valence-corrected chi connectivity index (χ3v) is 2.55. The van der Waals surface area contributed by atoms with Gasteiger partial charge in [0.1, 0.15) is 5.54 Å². The maximum absolute atomic E-state index is 11.9. The molecule has 1 fully saturated rings. The molecule has 16 heavy (non-hydrogen) atoms. The predicted molar refractivity (Wildman–Crippen MR) is 44.4 cm³/mol. The number of alkyl halides is 3. The second-order valence-electron chi connectivity index (χ2n) is 3.80. The summed E-state index contributed by atoms with van der Waals surface area (Å²) in [5, 5.41) is 18.9. The smallest absolute Gasteiger partial charge is 0.471 e. The number of carboxylic acids is 1. The van der Waals surface area contributed by atoms with Gasteiger partial charge in [-0.15, -0.1) is 0 Å². The molecule has 0 spiro atoms. The van der Waals surface area contributed by atoms with E-state index in [9.17, 15) is 22.8 Å². The molecule has 5 nitrogen and oxygen atoms in total. The van der Waals surface area contributed by atoms with Gasteiger partial charge in [0.15, 0.2) is 0 Å². The number of rotatable bonds is 3. The molecule has 1 rings (SSSR count). The Hall–Kier alpha value is -1.31. The number of aliphatic carboxylic acids is 1. The first-order valence-electron chi connectivity index (χ1n) is 4.45. The maximum atomic E-state index is 11.9. The summed E-state index contributed by atoms with van der Waals surface area (Å²) in [5.41, 5.74) is -1.89. The number of hydrogen-bond acceptors (Lipinski definition) is 3. The Morgan fingerprint density at radius 1 is 1.38 bits per heavy atom. The van der Waals surface area contributed by atoms with E-state index in [4.69, 9.17) is 10.2 Å². The molecule has 0 radical (unpaired) electrons. The van der Waals surface area contributed by atoms with E-state index in [2.05, 4.69) is 0 Å². The van der Waals surface area contributed by atoms with E-state index >= 15 is 0 Å². The minimum atomic E-state index is -5.10. The van der Waals surface area contributed by atoms with Crippen molar-refractivity contribution in [2.75, 3.05) is 6.61 Å². The van der Waals surface area contributed by atoms with Gasteiger partial charge in [0.2, 0.25) is 0 Å². The Labute approximate surface area is 88.2 Å². The van der Waals surface area contributed by atoms with Crippen molar-refractivity contribution in [3.63, 3.8) is 0 Å². The van der Waals surface area contributed by atoms with Gasteiger partial charge in [0.05, 0.1) is 0 Å². The predicted octanol–water partition coefficient (Wildman–Crippen LogP) is -0.109. The molecule has 0 aromatic carbocycles. The van der Waals surface area contributed by atoms with Crippen LogP contribution in [0.5, 0.6) is 0 Å². The highest BCUT2D eigenvalue weighted by Gasteiger charge is 2.54. The highest BCUT2D eigenvalue weighted by Crippen LogP contribution is 2.38. The zero-order valence-corrected chi connectivity index (χ0v) is 8.04. The number of carbonyl (C=O) groups is 2. The molecule has 1 saturated carbocycles. The Bertz CT molecular complexity index is 309. The zero-order chi connectivity index (χ0) is 12.6. The number of nitrogens with one attached hydrogen (secondary N) is 1. The van der Waals surface area contributed by atoms with Crippen LogP contribution in [0.1, 0.15) is 12.8 Å². The van der Waals surface area contributed by atoms with E-state index in [1.54, 1.807) is 0 Å². The van der Waals surface area contributed by atoms with Gasteiger partial charge >= 0.3 is 18.1 Å². The minimum absolute atomic E-state index is 0.194. The lowest BCUT2D eigenvalue weighted by atomic mass is 9.68. The summed E-state index contributed by atoms with van der Waals surface area (Å²) < 4.78 is 35.8. The monoisotopic (exact) mass is 241 g/mol. The quantitative estimate of drug-likeness (QED) is 0.643. The lowest BCUT2D eigenvalue weighted by molar-refractivity contribution is -0.181. The average Bonchev–Trinajstić information content (AvgIpc) is 2.07. The van der Waals surface area contributed by atoms with Crippen LogP contribution in [0.2, 0.25) is 0 Å². The number of aliphatic hydroxyl groups is 1. The first-order chi connectivity index (χ1) is 7.21. The fourth-order valence-corrected chi connectivity index (χ4v) is 1.67. The number of aliphatic hydroxyl groups excluding tert-OH is 1. The van der Waals surface area contributed by atoms with Crippen LogP contribution in [0.4, 0.5) is 13.2 Å². The highest BCUT2D eigenvalue weighted by molar-refractivity contribution is 5.90. The van der Waals surface area contributed by atoms with Gasteiger partial charge in [-0.1, -0.05) is 0 Å². The summed E-state index contributed by atoms with van der Waals surface area (Å²) in [6.07, 6.45) is -5.49. The normalized spacial score (nSPS) is 29.4. The zero-order valence-electron chi connectivity index (χ0n) is 8.04. The van der Waals surface area contributed by atoms with Gasteiger partial charge in [0, 0.05) is 6.61 Å². The van der Waals surface area contributed by atoms with Crippen LogP contribution in [0.15, 0.2) is 0 Å². The summed E-state index contributed by atoms with van der Waals surface area (Å²) in [5.74, 6) is -4.18. The molecule has 3 N–H and O–H groups in total. The Morgan fingerprint density at radius 3 is 2.19 bits per heavy atom. The number of carbonyl (C=O) groups excluding carboxylic acids is 1. The van der Waals surface area contributed by atoms with Crippen LogP contribution < -0.4 is 5.32 Å². The molecule has 8 heteroatoms. The molecule has 1 aliphatic rings. The van der Waals surface area contributed by atoms with Crippen LogP contribution in [-0.2, 0) is 9.59 Å². The summed E-state index contributed by atoms with van der Waals surface area (Å²) >= 11 is 0. The lowest BCUT2D eigenvalue weighted by Crippen LogP contribution is -2.64.